The molecule has 7 heteroatoms. The van der Waals surface area contributed by atoms with Crippen molar-refractivity contribution in [2.24, 2.45) is 0 Å². The number of thiazole rings is 1. The van der Waals surface area contributed by atoms with Gasteiger partial charge >= 0.3 is 5.97 Å². The maximum atomic E-state index is 12.1. The van der Waals surface area contributed by atoms with Gasteiger partial charge < -0.3 is 4.74 Å². The normalized spacial score (nSPS) is 10.5. The van der Waals surface area contributed by atoms with E-state index in [0.717, 1.165) is 27.9 Å². The Balaban J connectivity index is 1.29. The maximum Gasteiger partial charge on any atom is 0.310 e. The highest BCUT2D eigenvalue weighted by molar-refractivity contribution is 7.14. The lowest BCUT2D eigenvalue weighted by molar-refractivity contribution is -0.146. The summed E-state index contributed by atoms with van der Waals surface area (Å²) in [4.78, 5) is 28.5. The van der Waals surface area contributed by atoms with Crippen LogP contribution in [0.15, 0.2) is 84.2 Å². The highest BCUT2D eigenvalue weighted by Crippen LogP contribution is 2.27. The number of halogens is 1. The minimum atomic E-state index is -0.485. The summed E-state index contributed by atoms with van der Waals surface area (Å²) in [7, 11) is 0. The average Bonchev–Trinajstić information content (AvgIpc) is 3.28. The number of aromatic nitrogens is 1. The van der Waals surface area contributed by atoms with E-state index in [1.54, 1.807) is 24.3 Å². The Morgan fingerprint density at radius 2 is 1.53 bits per heavy atom. The number of ether oxygens (including phenoxy) is 1. The molecule has 0 unspecified atom stereocenters. The Bertz CT molecular complexity index is 1210. The van der Waals surface area contributed by atoms with Gasteiger partial charge in [0.05, 0.1) is 12.1 Å². The third kappa shape index (κ3) is 5.81. The Hall–Kier alpha value is -3.48. The fourth-order valence-corrected chi connectivity index (χ4v) is 3.91. The van der Waals surface area contributed by atoms with Crippen LogP contribution in [-0.4, -0.2) is 23.5 Å². The largest absolute Gasteiger partial charge is 0.455 e. The summed E-state index contributed by atoms with van der Waals surface area (Å²) in [5.41, 5.74) is 4.76. The molecule has 4 rings (SSSR count). The van der Waals surface area contributed by atoms with Crippen LogP contribution in [0.5, 0.6) is 0 Å². The van der Waals surface area contributed by atoms with Crippen LogP contribution in [0.1, 0.15) is 5.56 Å². The van der Waals surface area contributed by atoms with Gasteiger partial charge in [-0.2, -0.15) is 0 Å². The molecule has 1 N–H and O–H groups in total. The standard InChI is InChI=1S/C25H19ClN2O3S/c26-21-12-6-17(7-13-21)14-24(30)31-15-23(29)28-25-27-22(16-32-25)20-10-8-19(9-11-20)18-4-2-1-3-5-18/h1-13,16H,14-15H2,(H,27,28,29). The minimum Gasteiger partial charge on any atom is -0.455 e. The molecule has 160 valence electrons. The lowest BCUT2D eigenvalue weighted by Crippen LogP contribution is -2.21. The van der Waals surface area contributed by atoms with Crippen LogP contribution in [0.3, 0.4) is 0 Å². The molecule has 0 bridgehead atoms. The molecule has 4 aromatic rings. The smallest absolute Gasteiger partial charge is 0.310 e. The first-order valence-corrected chi connectivity index (χ1v) is 11.1. The molecule has 5 nitrogen and oxygen atoms in total. The highest BCUT2D eigenvalue weighted by Gasteiger charge is 2.12. The fourth-order valence-electron chi connectivity index (χ4n) is 3.05. The second kappa shape index (κ2) is 10.2. The molecule has 0 saturated heterocycles. The Morgan fingerprint density at radius 3 is 2.25 bits per heavy atom. The SMILES string of the molecule is O=C(COC(=O)Cc1ccc(Cl)cc1)Nc1nc(-c2ccc(-c3ccccc3)cc2)cs1. The lowest BCUT2D eigenvalue weighted by atomic mass is 10.0. The van der Waals surface area contributed by atoms with E-state index in [2.05, 4.69) is 22.4 Å². The van der Waals surface area contributed by atoms with E-state index < -0.39 is 11.9 Å². The number of nitrogens with one attached hydrogen (secondary N) is 1. The number of rotatable bonds is 7. The molecule has 3 aromatic carbocycles. The minimum absolute atomic E-state index is 0.0742. The number of amides is 1. The summed E-state index contributed by atoms with van der Waals surface area (Å²) >= 11 is 7.14. The van der Waals surface area contributed by atoms with Crippen LogP contribution in [0.2, 0.25) is 5.02 Å². The quantitative estimate of drug-likeness (QED) is 0.349. The average molecular weight is 463 g/mol. The van der Waals surface area contributed by atoms with E-state index in [9.17, 15) is 9.59 Å². The van der Waals surface area contributed by atoms with Gasteiger partial charge in [-0.15, -0.1) is 11.3 Å². The van der Waals surface area contributed by atoms with Gasteiger partial charge in [0, 0.05) is 16.0 Å². The van der Waals surface area contributed by atoms with Gasteiger partial charge in [0.15, 0.2) is 11.7 Å². The number of benzene rings is 3. The molecule has 0 spiro atoms. The monoisotopic (exact) mass is 462 g/mol. The van der Waals surface area contributed by atoms with Crippen LogP contribution in [0.4, 0.5) is 5.13 Å². The van der Waals surface area contributed by atoms with Gasteiger partial charge in [0.1, 0.15) is 0 Å². The van der Waals surface area contributed by atoms with Crippen molar-refractivity contribution in [2.45, 2.75) is 6.42 Å². The molecule has 0 saturated carbocycles. The van der Waals surface area contributed by atoms with Crippen molar-refractivity contribution < 1.29 is 14.3 Å². The topological polar surface area (TPSA) is 68.3 Å². The molecule has 1 aromatic heterocycles. The first-order chi connectivity index (χ1) is 15.6. The van der Waals surface area contributed by atoms with Crippen LogP contribution in [0.25, 0.3) is 22.4 Å². The van der Waals surface area contributed by atoms with Gasteiger partial charge in [-0.25, -0.2) is 4.98 Å². The Labute approximate surface area is 194 Å². The summed E-state index contributed by atoms with van der Waals surface area (Å²) in [6, 6.07) is 25.1. The van der Waals surface area contributed by atoms with Gasteiger partial charge in [0.2, 0.25) is 0 Å². The van der Waals surface area contributed by atoms with E-state index in [0.29, 0.717) is 10.2 Å². The number of esters is 1. The maximum absolute atomic E-state index is 12.1. The molecular formula is C25H19ClN2O3S. The van der Waals surface area contributed by atoms with E-state index >= 15 is 0 Å². The zero-order valence-electron chi connectivity index (χ0n) is 17.0. The number of anilines is 1. The highest BCUT2D eigenvalue weighted by atomic mass is 35.5. The number of carbonyl (C=O) groups is 2. The summed E-state index contributed by atoms with van der Waals surface area (Å²) in [5.74, 6) is -0.921. The second-order valence-corrected chi connectivity index (χ2v) is 8.29. The summed E-state index contributed by atoms with van der Waals surface area (Å²) in [5, 5.41) is 5.59. The zero-order valence-corrected chi connectivity index (χ0v) is 18.5. The van der Waals surface area contributed by atoms with Crippen molar-refractivity contribution in [3.8, 4) is 22.4 Å². The predicted octanol–water partition coefficient (Wildman–Crippen LogP) is 5.85. The zero-order chi connectivity index (χ0) is 22.3. The lowest BCUT2D eigenvalue weighted by Gasteiger charge is -2.05. The van der Waals surface area contributed by atoms with Crippen molar-refractivity contribution >= 4 is 39.9 Å². The molecule has 0 aliphatic carbocycles. The van der Waals surface area contributed by atoms with E-state index in [1.165, 1.54) is 11.3 Å². The molecular weight excluding hydrogens is 444 g/mol. The molecule has 0 fully saturated rings. The number of carbonyl (C=O) groups excluding carboxylic acids is 2. The van der Waals surface area contributed by atoms with Crippen molar-refractivity contribution in [1.29, 1.82) is 0 Å². The summed E-state index contributed by atoms with van der Waals surface area (Å²) in [6.45, 7) is -0.368. The van der Waals surface area contributed by atoms with Gasteiger partial charge in [-0.3, -0.25) is 14.9 Å². The van der Waals surface area contributed by atoms with E-state index in [-0.39, 0.29) is 13.0 Å². The first kappa shape index (κ1) is 21.7. The fraction of sp³-hybridized carbons (Fsp3) is 0.0800. The summed E-state index contributed by atoms with van der Waals surface area (Å²) in [6.07, 6.45) is 0.0742. The molecule has 1 amide bonds. The van der Waals surface area contributed by atoms with Crippen LogP contribution >= 0.6 is 22.9 Å². The number of hydrogen-bond acceptors (Lipinski definition) is 5. The molecule has 0 aliphatic heterocycles. The van der Waals surface area contributed by atoms with Crippen molar-refractivity contribution in [1.82, 2.24) is 4.98 Å². The second-order valence-electron chi connectivity index (χ2n) is 6.99. The van der Waals surface area contributed by atoms with E-state index in [4.69, 9.17) is 16.3 Å². The molecule has 0 aliphatic rings. The third-order valence-corrected chi connectivity index (χ3v) is 5.67. The van der Waals surface area contributed by atoms with Crippen molar-refractivity contribution in [2.75, 3.05) is 11.9 Å². The first-order valence-electron chi connectivity index (χ1n) is 9.88. The molecule has 0 atom stereocenters. The Morgan fingerprint density at radius 1 is 0.875 bits per heavy atom. The number of hydrogen-bond donors (Lipinski definition) is 1. The van der Waals surface area contributed by atoms with Crippen LogP contribution < -0.4 is 5.32 Å². The summed E-state index contributed by atoms with van der Waals surface area (Å²) < 4.78 is 5.05. The third-order valence-electron chi connectivity index (χ3n) is 4.66. The van der Waals surface area contributed by atoms with Crippen LogP contribution in [-0.2, 0) is 20.7 Å². The van der Waals surface area contributed by atoms with Crippen molar-refractivity contribution in [3.63, 3.8) is 0 Å². The number of nitrogens with zero attached hydrogens (tertiary/aromatic N) is 1. The molecule has 32 heavy (non-hydrogen) atoms. The van der Waals surface area contributed by atoms with E-state index in [1.807, 2.05) is 47.8 Å². The van der Waals surface area contributed by atoms with Gasteiger partial charge in [0.25, 0.3) is 5.91 Å². The predicted molar refractivity (Wildman–Crippen MR) is 128 cm³/mol. The molecule has 0 radical (unpaired) electrons. The van der Waals surface area contributed by atoms with Crippen molar-refractivity contribution in [3.05, 3.63) is 94.8 Å². The van der Waals surface area contributed by atoms with Crippen LogP contribution in [0, 0.1) is 0 Å². The van der Waals surface area contributed by atoms with Gasteiger partial charge in [-0.05, 0) is 28.8 Å². The Kier molecular flexibility index (Phi) is 6.94. The molecule has 1 heterocycles. The van der Waals surface area contributed by atoms with Gasteiger partial charge in [-0.1, -0.05) is 78.3 Å².